The van der Waals surface area contributed by atoms with Gasteiger partial charge < -0.3 is 9.64 Å². The van der Waals surface area contributed by atoms with Gasteiger partial charge in [-0.3, -0.25) is 0 Å². The maximum atomic E-state index is 6.00. The van der Waals surface area contributed by atoms with E-state index in [1.807, 2.05) is 42.5 Å². The Balaban J connectivity index is 2.37. The summed E-state index contributed by atoms with van der Waals surface area (Å²) in [6.45, 7) is 0. The quantitative estimate of drug-likeness (QED) is 0.489. The molecule has 0 atom stereocenters. The van der Waals surface area contributed by atoms with Crippen molar-refractivity contribution in [3.05, 3.63) is 35.5 Å². The number of nitrogens with zero attached hydrogens (tertiary/aromatic N) is 3. The third kappa shape index (κ3) is 3.30. The highest BCUT2D eigenvalue weighted by atomic mass is 35.5. The molecule has 4 nitrogen and oxygen atoms in total. The van der Waals surface area contributed by atoms with E-state index < -0.39 is 0 Å². The highest BCUT2D eigenvalue weighted by molar-refractivity contribution is 7.98. The van der Waals surface area contributed by atoms with E-state index in [0.717, 1.165) is 17.3 Å². The molecule has 1 aromatic heterocycles. The number of methoxy groups -OCH3 is 1. The van der Waals surface area contributed by atoms with Gasteiger partial charge in [-0.05, 0) is 18.4 Å². The normalized spacial score (nSPS) is 10.3. The van der Waals surface area contributed by atoms with Crippen molar-refractivity contribution in [2.45, 2.75) is 5.16 Å². The van der Waals surface area contributed by atoms with Crippen molar-refractivity contribution in [2.24, 2.45) is 0 Å². The second-order valence-electron chi connectivity index (χ2n) is 3.80. The summed E-state index contributed by atoms with van der Waals surface area (Å²) >= 11 is 7.46. The molecule has 0 unspecified atom stereocenters. The molecule has 0 aliphatic carbocycles. The summed E-state index contributed by atoms with van der Waals surface area (Å²) in [5.74, 6) is 1.55. The van der Waals surface area contributed by atoms with Crippen molar-refractivity contribution in [3.63, 3.8) is 0 Å². The Labute approximate surface area is 121 Å². The maximum absolute atomic E-state index is 6.00. The molecule has 0 N–H and O–H groups in total. The second-order valence-corrected chi connectivity index (χ2v) is 4.96. The number of anilines is 2. The molecule has 0 radical (unpaired) electrons. The molecule has 2 aromatic rings. The molecule has 0 bridgehead atoms. The fraction of sp³-hybridized carbons (Fsp3) is 0.231. The lowest BCUT2D eigenvalue weighted by Gasteiger charge is -2.19. The van der Waals surface area contributed by atoms with E-state index in [9.17, 15) is 0 Å². The Hall–Kier alpha value is -1.46. The molecule has 1 heterocycles. The first kappa shape index (κ1) is 14.0. The van der Waals surface area contributed by atoms with Gasteiger partial charge in [0.2, 0.25) is 0 Å². The van der Waals surface area contributed by atoms with Gasteiger partial charge in [0.05, 0.1) is 7.11 Å². The third-order valence-electron chi connectivity index (χ3n) is 2.63. The highest BCUT2D eigenvalue weighted by Crippen LogP contribution is 2.27. The topological polar surface area (TPSA) is 38.2 Å². The Morgan fingerprint density at radius 1 is 1.26 bits per heavy atom. The third-order valence-corrected chi connectivity index (χ3v) is 3.37. The van der Waals surface area contributed by atoms with E-state index in [4.69, 9.17) is 16.3 Å². The monoisotopic (exact) mass is 295 g/mol. The van der Waals surface area contributed by atoms with Crippen molar-refractivity contribution in [1.29, 1.82) is 0 Å². The van der Waals surface area contributed by atoms with Crippen molar-refractivity contribution < 1.29 is 4.74 Å². The van der Waals surface area contributed by atoms with Crippen molar-refractivity contribution in [1.82, 2.24) is 9.97 Å². The van der Waals surface area contributed by atoms with Crippen LogP contribution in [0.2, 0.25) is 5.15 Å². The molecule has 100 valence electrons. The van der Waals surface area contributed by atoms with Gasteiger partial charge in [-0.2, -0.15) is 0 Å². The van der Waals surface area contributed by atoms with Crippen molar-refractivity contribution in [3.8, 4) is 5.75 Å². The Kier molecular flexibility index (Phi) is 4.50. The van der Waals surface area contributed by atoms with E-state index >= 15 is 0 Å². The van der Waals surface area contributed by atoms with Crippen LogP contribution in [0.5, 0.6) is 5.75 Å². The smallest absolute Gasteiger partial charge is 0.190 e. The highest BCUT2D eigenvalue weighted by Gasteiger charge is 2.09. The van der Waals surface area contributed by atoms with E-state index in [-0.39, 0.29) is 0 Å². The molecule has 0 saturated heterocycles. The molecule has 6 heteroatoms. The van der Waals surface area contributed by atoms with E-state index in [1.54, 1.807) is 13.2 Å². The van der Waals surface area contributed by atoms with Crippen LogP contribution in [0.15, 0.2) is 35.5 Å². The lowest BCUT2D eigenvalue weighted by atomic mass is 10.3. The Morgan fingerprint density at radius 2 is 2.05 bits per heavy atom. The summed E-state index contributed by atoms with van der Waals surface area (Å²) in [5, 5.41) is 1.08. The zero-order valence-electron chi connectivity index (χ0n) is 10.9. The Morgan fingerprint density at radius 3 is 2.74 bits per heavy atom. The van der Waals surface area contributed by atoms with E-state index in [0.29, 0.717) is 10.3 Å². The number of thioether (sulfide) groups is 1. The van der Waals surface area contributed by atoms with Crippen LogP contribution in [0.4, 0.5) is 11.5 Å². The van der Waals surface area contributed by atoms with Gasteiger partial charge in [0, 0.05) is 24.9 Å². The number of hydrogen-bond acceptors (Lipinski definition) is 5. The van der Waals surface area contributed by atoms with Crippen molar-refractivity contribution >= 4 is 34.9 Å². The zero-order chi connectivity index (χ0) is 13.8. The standard InChI is InChI=1S/C13H14ClN3OS/c1-17(9-5-4-6-10(7-9)18-2)12-8-11(14)15-13(16-12)19-3/h4-8H,1-3H3. The molecule has 0 saturated carbocycles. The van der Waals surface area contributed by atoms with Crippen LogP contribution in [0.25, 0.3) is 0 Å². The van der Waals surface area contributed by atoms with Crippen LogP contribution in [0.1, 0.15) is 0 Å². The molecular formula is C13H14ClN3OS. The zero-order valence-corrected chi connectivity index (χ0v) is 12.5. The van der Waals surface area contributed by atoms with Crippen LogP contribution in [0, 0.1) is 0 Å². The summed E-state index contributed by atoms with van der Waals surface area (Å²) < 4.78 is 5.22. The van der Waals surface area contributed by atoms with Gasteiger partial charge >= 0.3 is 0 Å². The van der Waals surface area contributed by atoms with Gasteiger partial charge in [-0.15, -0.1) is 0 Å². The fourth-order valence-electron chi connectivity index (χ4n) is 1.60. The van der Waals surface area contributed by atoms with Crippen molar-refractivity contribution in [2.75, 3.05) is 25.3 Å². The van der Waals surface area contributed by atoms with E-state index in [2.05, 4.69) is 9.97 Å². The van der Waals surface area contributed by atoms with Crippen LogP contribution in [-0.4, -0.2) is 30.4 Å². The van der Waals surface area contributed by atoms with Crippen LogP contribution >= 0.6 is 23.4 Å². The lowest BCUT2D eigenvalue weighted by Crippen LogP contribution is -2.12. The summed E-state index contributed by atoms with van der Waals surface area (Å²) in [4.78, 5) is 10.5. The van der Waals surface area contributed by atoms with Gasteiger partial charge in [0.25, 0.3) is 0 Å². The first-order valence-corrected chi connectivity index (χ1v) is 7.20. The van der Waals surface area contributed by atoms with Gasteiger partial charge in [-0.25, -0.2) is 9.97 Å². The molecular weight excluding hydrogens is 282 g/mol. The van der Waals surface area contributed by atoms with E-state index in [1.165, 1.54) is 11.8 Å². The van der Waals surface area contributed by atoms with Crippen LogP contribution in [0.3, 0.4) is 0 Å². The molecule has 2 rings (SSSR count). The summed E-state index contributed by atoms with van der Waals surface area (Å²) in [6.07, 6.45) is 1.92. The Bertz CT molecular complexity index is 580. The van der Waals surface area contributed by atoms with Gasteiger partial charge in [0.15, 0.2) is 5.16 Å². The maximum Gasteiger partial charge on any atom is 0.190 e. The first-order valence-electron chi connectivity index (χ1n) is 5.60. The number of benzene rings is 1. The molecule has 1 aromatic carbocycles. The number of rotatable bonds is 4. The summed E-state index contributed by atoms with van der Waals surface area (Å²) in [5.41, 5.74) is 0.973. The van der Waals surface area contributed by atoms with Crippen LogP contribution < -0.4 is 9.64 Å². The van der Waals surface area contributed by atoms with Gasteiger partial charge in [-0.1, -0.05) is 29.4 Å². The largest absolute Gasteiger partial charge is 0.497 e. The molecule has 0 fully saturated rings. The average molecular weight is 296 g/mol. The summed E-state index contributed by atoms with van der Waals surface area (Å²) in [7, 11) is 3.57. The molecule has 0 aliphatic heterocycles. The second kappa shape index (κ2) is 6.12. The molecule has 0 aliphatic rings. The minimum atomic E-state index is 0.434. The SMILES string of the molecule is COc1cccc(N(C)c2cc(Cl)nc(SC)n2)c1. The minimum absolute atomic E-state index is 0.434. The number of aromatic nitrogens is 2. The predicted molar refractivity (Wildman–Crippen MR) is 79.9 cm³/mol. The molecule has 0 amide bonds. The fourth-order valence-corrected chi connectivity index (χ4v) is 2.20. The lowest BCUT2D eigenvalue weighted by molar-refractivity contribution is 0.415. The minimum Gasteiger partial charge on any atom is -0.497 e. The number of hydrogen-bond donors (Lipinski definition) is 0. The van der Waals surface area contributed by atoms with Crippen LogP contribution in [-0.2, 0) is 0 Å². The van der Waals surface area contributed by atoms with Gasteiger partial charge in [0.1, 0.15) is 16.7 Å². The number of halogens is 1. The molecule has 0 spiro atoms. The number of ether oxygens (including phenoxy) is 1. The average Bonchev–Trinajstić information content (AvgIpc) is 2.45. The summed E-state index contributed by atoms with van der Waals surface area (Å²) in [6, 6.07) is 9.49. The predicted octanol–water partition coefficient (Wildman–Crippen LogP) is 3.63. The molecule has 19 heavy (non-hydrogen) atoms. The first-order chi connectivity index (χ1) is 9.13.